The molecule has 0 saturated heterocycles. The van der Waals surface area contributed by atoms with Crippen LogP contribution in [-0.4, -0.2) is 27.4 Å². The van der Waals surface area contributed by atoms with Gasteiger partial charge in [0.15, 0.2) is 0 Å². The molecule has 0 aliphatic heterocycles. The number of furan rings is 1. The van der Waals surface area contributed by atoms with Gasteiger partial charge in [-0.2, -0.15) is 0 Å². The molecule has 0 N–H and O–H groups in total. The molecular formula is C17H16FN3O3. The molecule has 1 amide bonds. The molecule has 2 heterocycles. The van der Waals surface area contributed by atoms with E-state index in [2.05, 4.69) is 4.98 Å². The lowest BCUT2D eigenvalue weighted by Crippen LogP contribution is -2.33. The molecule has 0 unspecified atom stereocenters. The van der Waals surface area contributed by atoms with Crippen molar-refractivity contribution in [3.63, 3.8) is 0 Å². The fourth-order valence-corrected chi connectivity index (χ4v) is 2.40. The summed E-state index contributed by atoms with van der Waals surface area (Å²) in [5, 5.41) is 0.274. The zero-order chi connectivity index (χ0) is 17.3. The van der Waals surface area contributed by atoms with Crippen LogP contribution < -0.4 is 5.56 Å². The Bertz CT molecular complexity index is 961. The quantitative estimate of drug-likeness (QED) is 0.735. The van der Waals surface area contributed by atoms with Crippen LogP contribution in [-0.2, 0) is 17.9 Å². The van der Waals surface area contributed by atoms with Crippen molar-refractivity contribution in [1.82, 2.24) is 14.5 Å². The fourth-order valence-electron chi connectivity index (χ4n) is 2.40. The number of likely N-dealkylation sites (N-methyl/N-ethyl adjacent to an activating group) is 1. The summed E-state index contributed by atoms with van der Waals surface area (Å²) in [5.74, 6) is 0.724. The van der Waals surface area contributed by atoms with E-state index in [0.29, 0.717) is 12.3 Å². The Morgan fingerprint density at radius 3 is 2.83 bits per heavy atom. The average molecular weight is 329 g/mol. The molecule has 0 bridgehead atoms. The zero-order valence-corrected chi connectivity index (χ0v) is 13.3. The van der Waals surface area contributed by atoms with Crippen LogP contribution in [0.1, 0.15) is 11.5 Å². The van der Waals surface area contributed by atoms with E-state index in [0.717, 1.165) is 5.76 Å². The molecule has 7 heteroatoms. The Morgan fingerprint density at radius 2 is 2.12 bits per heavy atom. The molecule has 0 radical (unpaired) electrons. The number of halogens is 1. The second kappa shape index (κ2) is 6.27. The number of carbonyl (C=O) groups is 1. The number of aromatic nitrogens is 2. The normalized spacial score (nSPS) is 11.0. The van der Waals surface area contributed by atoms with Gasteiger partial charge in [0.05, 0.1) is 23.8 Å². The van der Waals surface area contributed by atoms with Crippen molar-refractivity contribution in [1.29, 1.82) is 0 Å². The van der Waals surface area contributed by atoms with Gasteiger partial charge in [-0.05, 0) is 31.2 Å². The smallest absolute Gasteiger partial charge is 0.261 e. The highest BCUT2D eigenvalue weighted by Crippen LogP contribution is 2.10. The molecule has 6 nitrogen and oxygen atoms in total. The van der Waals surface area contributed by atoms with Gasteiger partial charge in [-0.25, -0.2) is 9.37 Å². The van der Waals surface area contributed by atoms with E-state index in [-0.39, 0.29) is 28.9 Å². The number of benzene rings is 1. The van der Waals surface area contributed by atoms with E-state index in [9.17, 15) is 14.0 Å². The number of hydrogen-bond acceptors (Lipinski definition) is 4. The second-order valence-electron chi connectivity index (χ2n) is 5.60. The Balaban J connectivity index is 1.78. The van der Waals surface area contributed by atoms with Crippen LogP contribution in [0.15, 0.2) is 45.9 Å². The minimum Gasteiger partial charge on any atom is -0.464 e. The standard InChI is InChI=1S/C17H16FN3O3/c1-11-3-5-13(24-11)8-20(2)16(22)9-21-10-19-15-7-12(18)4-6-14(15)17(21)23/h3-7,10H,8-9H2,1-2H3. The molecule has 0 spiro atoms. The van der Waals surface area contributed by atoms with E-state index < -0.39 is 5.82 Å². The lowest BCUT2D eigenvalue weighted by Gasteiger charge is -2.16. The number of fused-ring (bicyclic) bond motifs is 1. The maximum absolute atomic E-state index is 13.2. The van der Waals surface area contributed by atoms with Crippen molar-refractivity contribution in [2.24, 2.45) is 0 Å². The number of aryl methyl sites for hydroxylation is 1. The van der Waals surface area contributed by atoms with Crippen LogP contribution in [0.5, 0.6) is 0 Å². The number of nitrogens with zero attached hydrogens (tertiary/aromatic N) is 3. The van der Waals surface area contributed by atoms with Gasteiger partial charge in [-0.1, -0.05) is 0 Å². The minimum absolute atomic E-state index is 0.144. The van der Waals surface area contributed by atoms with Gasteiger partial charge in [-0.3, -0.25) is 14.2 Å². The lowest BCUT2D eigenvalue weighted by molar-refractivity contribution is -0.131. The fraction of sp³-hybridized carbons (Fsp3) is 0.235. The Kier molecular flexibility index (Phi) is 4.16. The minimum atomic E-state index is -0.461. The maximum Gasteiger partial charge on any atom is 0.261 e. The molecular weight excluding hydrogens is 313 g/mol. The Labute approximate surface area is 137 Å². The molecule has 0 aliphatic carbocycles. The van der Waals surface area contributed by atoms with Gasteiger partial charge >= 0.3 is 0 Å². The molecule has 0 atom stereocenters. The molecule has 2 aromatic heterocycles. The first-order valence-electron chi connectivity index (χ1n) is 7.38. The number of rotatable bonds is 4. The molecule has 1 aromatic carbocycles. The van der Waals surface area contributed by atoms with Crippen LogP contribution in [0.3, 0.4) is 0 Å². The Morgan fingerprint density at radius 1 is 1.33 bits per heavy atom. The van der Waals surface area contributed by atoms with Gasteiger partial charge in [0.1, 0.15) is 23.9 Å². The summed E-state index contributed by atoms with van der Waals surface area (Å²) in [6, 6.07) is 7.38. The van der Waals surface area contributed by atoms with Crippen LogP contribution in [0.25, 0.3) is 10.9 Å². The first-order valence-corrected chi connectivity index (χ1v) is 7.38. The van der Waals surface area contributed by atoms with Crippen molar-refractivity contribution in [3.8, 4) is 0 Å². The molecule has 3 aromatic rings. The van der Waals surface area contributed by atoms with Crippen LogP contribution in [0.2, 0.25) is 0 Å². The van der Waals surface area contributed by atoms with Crippen molar-refractivity contribution >= 4 is 16.8 Å². The van der Waals surface area contributed by atoms with Gasteiger partial charge in [0, 0.05) is 13.1 Å². The number of carbonyl (C=O) groups excluding carboxylic acids is 1. The third-order valence-electron chi connectivity index (χ3n) is 3.71. The zero-order valence-electron chi connectivity index (χ0n) is 13.3. The number of amides is 1. The third kappa shape index (κ3) is 3.19. The van der Waals surface area contributed by atoms with E-state index >= 15 is 0 Å². The SMILES string of the molecule is Cc1ccc(CN(C)C(=O)Cn2cnc3cc(F)ccc3c2=O)o1. The second-order valence-corrected chi connectivity index (χ2v) is 5.60. The van der Waals surface area contributed by atoms with E-state index in [1.807, 2.05) is 13.0 Å². The molecule has 0 aliphatic rings. The van der Waals surface area contributed by atoms with Gasteiger partial charge < -0.3 is 9.32 Å². The largest absolute Gasteiger partial charge is 0.464 e. The van der Waals surface area contributed by atoms with Gasteiger partial charge in [0.25, 0.3) is 5.56 Å². The molecule has 3 rings (SSSR count). The number of hydrogen-bond donors (Lipinski definition) is 0. The third-order valence-corrected chi connectivity index (χ3v) is 3.71. The Hall–Kier alpha value is -2.96. The van der Waals surface area contributed by atoms with Gasteiger partial charge in [-0.15, -0.1) is 0 Å². The summed E-state index contributed by atoms with van der Waals surface area (Å²) in [5.41, 5.74) is -0.112. The van der Waals surface area contributed by atoms with Crippen molar-refractivity contribution in [3.05, 3.63) is 64.4 Å². The summed E-state index contributed by atoms with van der Waals surface area (Å²) < 4.78 is 19.8. The predicted molar refractivity (Wildman–Crippen MR) is 85.9 cm³/mol. The van der Waals surface area contributed by atoms with E-state index in [1.165, 1.54) is 34.0 Å². The first-order chi connectivity index (χ1) is 11.4. The topological polar surface area (TPSA) is 68.3 Å². The van der Waals surface area contributed by atoms with E-state index in [4.69, 9.17) is 4.42 Å². The van der Waals surface area contributed by atoms with Crippen LogP contribution in [0, 0.1) is 12.7 Å². The lowest BCUT2D eigenvalue weighted by atomic mass is 10.2. The highest BCUT2D eigenvalue weighted by Gasteiger charge is 2.14. The molecule has 124 valence electrons. The molecule has 0 fully saturated rings. The monoisotopic (exact) mass is 329 g/mol. The average Bonchev–Trinajstić information content (AvgIpc) is 2.95. The summed E-state index contributed by atoms with van der Waals surface area (Å²) in [6.07, 6.45) is 1.26. The summed E-state index contributed by atoms with van der Waals surface area (Å²) in [4.78, 5) is 30.2. The van der Waals surface area contributed by atoms with E-state index in [1.54, 1.807) is 13.1 Å². The summed E-state index contributed by atoms with van der Waals surface area (Å²) >= 11 is 0. The molecule has 24 heavy (non-hydrogen) atoms. The van der Waals surface area contributed by atoms with Crippen molar-refractivity contribution in [2.75, 3.05) is 7.05 Å². The highest BCUT2D eigenvalue weighted by molar-refractivity contribution is 5.78. The first kappa shape index (κ1) is 15.9. The summed E-state index contributed by atoms with van der Waals surface area (Å²) in [6.45, 7) is 2.00. The van der Waals surface area contributed by atoms with Crippen molar-refractivity contribution in [2.45, 2.75) is 20.0 Å². The predicted octanol–water partition coefficient (Wildman–Crippen LogP) is 2.10. The van der Waals surface area contributed by atoms with Crippen molar-refractivity contribution < 1.29 is 13.6 Å². The maximum atomic E-state index is 13.2. The van der Waals surface area contributed by atoms with Crippen LogP contribution in [0.4, 0.5) is 4.39 Å². The highest BCUT2D eigenvalue weighted by atomic mass is 19.1. The summed E-state index contributed by atoms with van der Waals surface area (Å²) in [7, 11) is 1.63. The molecule has 0 saturated carbocycles. The van der Waals surface area contributed by atoms with Crippen LogP contribution >= 0.6 is 0 Å². The van der Waals surface area contributed by atoms with Gasteiger partial charge in [0.2, 0.25) is 5.91 Å².